The third-order valence-electron chi connectivity index (χ3n) is 3.60. The zero-order valence-corrected chi connectivity index (χ0v) is 15.4. The van der Waals surface area contributed by atoms with Crippen LogP contribution < -0.4 is 16.0 Å². The number of hydrogen-bond acceptors (Lipinski definition) is 4. The number of carbonyl (C=O) groups is 2. The van der Waals surface area contributed by atoms with Gasteiger partial charge in [0.25, 0.3) is 0 Å². The van der Waals surface area contributed by atoms with Crippen molar-refractivity contribution in [3.05, 3.63) is 0 Å². The molecule has 1 aliphatic carbocycles. The topological polar surface area (TPSA) is 91.8 Å². The Morgan fingerprint density at radius 1 is 1.17 bits per heavy atom. The highest BCUT2D eigenvalue weighted by atomic mass is 16.5. The maximum atomic E-state index is 11.7. The van der Waals surface area contributed by atoms with Gasteiger partial charge in [0.2, 0.25) is 5.91 Å². The summed E-state index contributed by atoms with van der Waals surface area (Å²) in [4.78, 5) is 27.5. The van der Waals surface area contributed by atoms with Gasteiger partial charge in [-0.2, -0.15) is 0 Å². The second-order valence-corrected chi connectivity index (χ2v) is 7.15. The predicted octanol–water partition coefficient (Wildman–Crippen LogP) is 1.33. The molecule has 0 spiro atoms. The molecule has 1 fully saturated rings. The van der Waals surface area contributed by atoms with E-state index in [1.54, 1.807) is 7.05 Å². The standard InChI is InChI=1S/C17H32N4O3/c1-17(2,3)21-14(22)12-20-16(18-4)19-11-7-10-15(23)24-13-8-5-6-9-13/h13H,5-12H2,1-4H3,(H,21,22)(H2,18,19,20). The van der Waals surface area contributed by atoms with Gasteiger partial charge >= 0.3 is 5.97 Å². The van der Waals surface area contributed by atoms with Crippen LogP contribution in [0.25, 0.3) is 0 Å². The Morgan fingerprint density at radius 2 is 1.83 bits per heavy atom. The number of amides is 1. The average Bonchev–Trinajstić information content (AvgIpc) is 2.97. The highest BCUT2D eigenvalue weighted by molar-refractivity contribution is 5.86. The second-order valence-electron chi connectivity index (χ2n) is 7.15. The minimum Gasteiger partial charge on any atom is -0.462 e. The Labute approximate surface area is 145 Å². The van der Waals surface area contributed by atoms with E-state index in [2.05, 4.69) is 20.9 Å². The highest BCUT2D eigenvalue weighted by Crippen LogP contribution is 2.21. The summed E-state index contributed by atoms with van der Waals surface area (Å²) < 4.78 is 5.40. The van der Waals surface area contributed by atoms with E-state index in [0.29, 0.717) is 25.3 Å². The van der Waals surface area contributed by atoms with Crippen LogP contribution in [0.4, 0.5) is 0 Å². The molecule has 7 nitrogen and oxygen atoms in total. The van der Waals surface area contributed by atoms with Crippen molar-refractivity contribution in [3.8, 4) is 0 Å². The molecular formula is C17H32N4O3. The van der Waals surface area contributed by atoms with Crippen LogP contribution in [0.15, 0.2) is 4.99 Å². The molecule has 0 unspecified atom stereocenters. The van der Waals surface area contributed by atoms with Gasteiger partial charge < -0.3 is 20.7 Å². The summed E-state index contributed by atoms with van der Waals surface area (Å²) in [7, 11) is 1.64. The van der Waals surface area contributed by atoms with E-state index in [4.69, 9.17) is 4.74 Å². The number of aliphatic imine (C=N–C) groups is 1. The van der Waals surface area contributed by atoms with E-state index in [1.165, 1.54) is 0 Å². The maximum Gasteiger partial charge on any atom is 0.306 e. The van der Waals surface area contributed by atoms with Crippen molar-refractivity contribution in [3.63, 3.8) is 0 Å². The average molecular weight is 340 g/mol. The fourth-order valence-corrected chi connectivity index (χ4v) is 2.54. The van der Waals surface area contributed by atoms with Gasteiger partial charge in [-0.15, -0.1) is 0 Å². The molecule has 138 valence electrons. The first-order chi connectivity index (χ1) is 11.3. The lowest BCUT2D eigenvalue weighted by molar-refractivity contribution is -0.148. The first-order valence-electron chi connectivity index (χ1n) is 8.75. The fourth-order valence-electron chi connectivity index (χ4n) is 2.54. The first-order valence-corrected chi connectivity index (χ1v) is 8.75. The van der Waals surface area contributed by atoms with Gasteiger partial charge in [0.1, 0.15) is 6.10 Å². The molecule has 0 atom stereocenters. The Hall–Kier alpha value is -1.79. The minimum absolute atomic E-state index is 0.0920. The molecule has 1 amide bonds. The lowest BCUT2D eigenvalue weighted by atomic mass is 10.1. The molecule has 7 heteroatoms. The summed E-state index contributed by atoms with van der Waals surface area (Å²) >= 11 is 0. The third-order valence-corrected chi connectivity index (χ3v) is 3.60. The summed E-state index contributed by atoms with van der Waals surface area (Å²) in [5, 5.41) is 8.91. The van der Waals surface area contributed by atoms with Gasteiger partial charge in [-0.1, -0.05) is 0 Å². The number of ether oxygens (including phenoxy) is 1. The van der Waals surface area contributed by atoms with Crippen LogP contribution in [0.2, 0.25) is 0 Å². The number of hydrogen-bond donors (Lipinski definition) is 3. The van der Waals surface area contributed by atoms with Gasteiger partial charge in [-0.3, -0.25) is 14.6 Å². The van der Waals surface area contributed by atoms with Crippen molar-refractivity contribution < 1.29 is 14.3 Å². The minimum atomic E-state index is -0.255. The Morgan fingerprint density at radius 3 is 2.42 bits per heavy atom. The van der Waals surface area contributed by atoms with Crippen LogP contribution >= 0.6 is 0 Å². The number of nitrogens with zero attached hydrogens (tertiary/aromatic N) is 1. The van der Waals surface area contributed by atoms with E-state index in [0.717, 1.165) is 25.7 Å². The predicted molar refractivity (Wildman–Crippen MR) is 94.8 cm³/mol. The molecule has 1 aliphatic rings. The summed E-state index contributed by atoms with van der Waals surface area (Å²) in [6, 6.07) is 0. The number of guanidine groups is 1. The first kappa shape index (κ1) is 20.3. The molecule has 0 aliphatic heterocycles. The summed E-state index contributed by atoms with van der Waals surface area (Å²) in [5.41, 5.74) is -0.255. The Balaban J connectivity index is 2.13. The smallest absolute Gasteiger partial charge is 0.306 e. The summed E-state index contributed by atoms with van der Waals surface area (Å²) in [6.07, 6.45) is 5.50. The number of nitrogens with one attached hydrogen (secondary N) is 3. The molecular weight excluding hydrogens is 308 g/mol. The summed E-state index contributed by atoms with van der Waals surface area (Å²) in [5.74, 6) is 0.324. The van der Waals surface area contributed by atoms with Crippen LogP contribution in [0.5, 0.6) is 0 Å². The molecule has 0 heterocycles. The van der Waals surface area contributed by atoms with Crippen LogP contribution in [-0.2, 0) is 14.3 Å². The third kappa shape index (κ3) is 9.37. The lowest BCUT2D eigenvalue weighted by Gasteiger charge is -2.21. The molecule has 0 aromatic heterocycles. The van der Waals surface area contributed by atoms with Gasteiger partial charge in [0.15, 0.2) is 5.96 Å². The Kier molecular flexibility index (Phi) is 8.57. The van der Waals surface area contributed by atoms with Gasteiger partial charge in [-0.05, 0) is 52.9 Å². The Bertz CT molecular complexity index is 438. The number of carbonyl (C=O) groups excluding carboxylic acids is 2. The van der Waals surface area contributed by atoms with Crippen molar-refractivity contribution in [1.29, 1.82) is 0 Å². The van der Waals surface area contributed by atoms with Crippen molar-refractivity contribution in [2.75, 3.05) is 20.1 Å². The summed E-state index contributed by atoms with van der Waals surface area (Å²) in [6.45, 7) is 6.55. The van der Waals surface area contributed by atoms with Crippen LogP contribution in [-0.4, -0.2) is 49.6 Å². The van der Waals surface area contributed by atoms with E-state index in [9.17, 15) is 9.59 Å². The van der Waals surface area contributed by atoms with Crippen molar-refractivity contribution in [2.45, 2.75) is 70.9 Å². The monoisotopic (exact) mass is 340 g/mol. The van der Waals surface area contributed by atoms with E-state index >= 15 is 0 Å². The van der Waals surface area contributed by atoms with Crippen LogP contribution in [0.3, 0.4) is 0 Å². The molecule has 24 heavy (non-hydrogen) atoms. The van der Waals surface area contributed by atoms with Gasteiger partial charge in [0.05, 0.1) is 6.54 Å². The van der Waals surface area contributed by atoms with Crippen LogP contribution in [0.1, 0.15) is 59.3 Å². The molecule has 0 aromatic carbocycles. The van der Waals surface area contributed by atoms with E-state index in [1.807, 2.05) is 20.8 Å². The van der Waals surface area contributed by atoms with Crippen molar-refractivity contribution in [2.24, 2.45) is 4.99 Å². The SMILES string of the molecule is CN=C(NCCCC(=O)OC1CCCC1)NCC(=O)NC(C)(C)C. The fraction of sp³-hybridized carbons (Fsp3) is 0.824. The molecule has 0 bridgehead atoms. The molecule has 0 aromatic rings. The second kappa shape index (κ2) is 10.2. The van der Waals surface area contributed by atoms with Crippen LogP contribution in [0, 0.1) is 0 Å². The molecule has 0 saturated heterocycles. The van der Waals surface area contributed by atoms with E-state index < -0.39 is 0 Å². The quantitative estimate of drug-likeness (QED) is 0.281. The number of rotatable bonds is 7. The number of esters is 1. The maximum absolute atomic E-state index is 11.7. The largest absolute Gasteiger partial charge is 0.462 e. The lowest BCUT2D eigenvalue weighted by Crippen LogP contribution is -2.48. The molecule has 1 rings (SSSR count). The van der Waals surface area contributed by atoms with E-state index in [-0.39, 0.29) is 30.1 Å². The zero-order valence-electron chi connectivity index (χ0n) is 15.4. The van der Waals surface area contributed by atoms with Gasteiger partial charge in [-0.25, -0.2) is 0 Å². The molecule has 3 N–H and O–H groups in total. The van der Waals surface area contributed by atoms with Crippen molar-refractivity contribution in [1.82, 2.24) is 16.0 Å². The van der Waals surface area contributed by atoms with Crippen molar-refractivity contribution >= 4 is 17.8 Å². The molecule has 0 radical (unpaired) electrons. The normalized spacial score (nSPS) is 15.9. The highest BCUT2D eigenvalue weighted by Gasteiger charge is 2.18. The van der Waals surface area contributed by atoms with Gasteiger partial charge in [0, 0.05) is 25.6 Å². The zero-order chi connectivity index (χ0) is 18.0. The molecule has 1 saturated carbocycles.